The Bertz CT molecular complexity index is 478. The van der Waals surface area contributed by atoms with Crippen LogP contribution in [0, 0.1) is 0 Å². The normalized spacial score (nSPS) is 29.2. The zero-order valence-electron chi connectivity index (χ0n) is 9.11. The average molecular weight is 216 g/mol. The fourth-order valence-corrected chi connectivity index (χ4v) is 2.70. The van der Waals surface area contributed by atoms with Gasteiger partial charge >= 0.3 is 0 Å². The summed E-state index contributed by atoms with van der Waals surface area (Å²) < 4.78 is 0. The molecule has 3 heteroatoms. The maximum atomic E-state index is 9.48. The van der Waals surface area contributed by atoms with E-state index < -0.39 is 0 Å². The molecule has 0 saturated heterocycles. The van der Waals surface area contributed by atoms with Gasteiger partial charge in [-0.05, 0) is 30.4 Å². The van der Waals surface area contributed by atoms with Crippen molar-refractivity contribution in [2.24, 2.45) is 5.73 Å². The lowest BCUT2D eigenvalue weighted by molar-refractivity contribution is 0.0204. The summed E-state index contributed by atoms with van der Waals surface area (Å²) >= 11 is 0. The van der Waals surface area contributed by atoms with Crippen LogP contribution in [-0.2, 0) is 5.41 Å². The number of hydrogen-bond donors (Lipinski definition) is 3. The molecular weight excluding hydrogens is 200 g/mol. The Balaban J connectivity index is 2.05. The SMILES string of the molecule is NCC1(c2cc3ccccc3[nH]2)CC(O)C1. The van der Waals surface area contributed by atoms with Crippen molar-refractivity contribution in [3.8, 4) is 0 Å². The molecule has 0 bridgehead atoms. The Kier molecular flexibility index (Phi) is 2.06. The Hall–Kier alpha value is -1.32. The van der Waals surface area contributed by atoms with Crippen molar-refractivity contribution in [3.63, 3.8) is 0 Å². The number of fused-ring (bicyclic) bond motifs is 1. The lowest BCUT2D eigenvalue weighted by atomic mass is 9.65. The van der Waals surface area contributed by atoms with Crippen molar-refractivity contribution < 1.29 is 5.11 Å². The molecule has 0 aliphatic heterocycles. The van der Waals surface area contributed by atoms with Crippen LogP contribution in [0.2, 0.25) is 0 Å². The van der Waals surface area contributed by atoms with Crippen LogP contribution in [0.3, 0.4) is 0 Å². The summed E-state index contributed by atoms with van der Waals surface area (Å²) in [6.45, 7) is 0.594. The zero-order chi connectivity index (χ0) is 11.2. The number of aliphatic hydroxyl groups excluding tert-OH is 1. The smallest absolute Gasteiger partial charge is 0.0559 e. The summed E-state index contributed by atoms with van der Waals surface area (Å²) in [4.78, 5) is 3.42. The first-order chi connectivity index (χ1) is 7.73. The zero-order valence-corrected chi connectivity index (χ0v) is 9.11. The van der Waals surface area contributed by atoms with Gasteiger partial charge in [0.05, 0.1) is 6.10 Å². The maximum absolute atomic E-state index is 9.48. The van der Waals surface area contributed by atoms with Gasteiger partial charge in [-0.3, -0.25) is 0 Å². The Morgan fingerprint density at radius 1 is 1.38 bits per heavy atom. The standard InChI is InChI=1S/C13H16N2O/c14-8-13(6-10(16)7-13)12-5-9-3-1-2-4-11(9)15-12/h1-5,10,15-16H,6-8,14H2. The molecule has 1 heterocycles. The van der Waals surface area contributed by atoms with Crippen LogP contribution in [0.5, 0.6) is 0 Å². The highest BCUT2D eigenvalue weighted by atomic mass is 16.3. The number of para-hydroxylation sites is 1. The van der Waals surface area contributed by atoms with Crippen molar-refractivity contribution in [2.75, 3.05) is 6.54 Å². The van der Waals surface area contributed by atoms with Gasteiger partial charge in [-0.15, -0.1) is 0 Å². The molecule has 0 atom stereocenters. The van der Waals surface area contributed by atoms with Gasteiger partial charge in [0.1, 0.15) is 0 Å². The number of aliphatic hydroxyl groups is 1. The number of H-pyrrole nitrogens is 1. The first-order valence-electron chi connectivity index (χ1n) is 5.70. The molecule has 0 unspecified atom stereocenters. The molecule has 1 saturated carbocycles. The predicted octanol–water partition coefficient (Wildman–Crippen LogP) is 1.52. The van der Waals surface area contributed by atoms with Crippen molar-refractivity contribution in [1.82, 2.24) is 4.98 Å². The molecule has 3 nitrogen and oxygen atoms in total. The third-order valence-electron chi connectivity index (χ3n) is 3.74. The summed E-state index contributed by atoms with van der Waals surface area (Å²) in [6, 6.07) is 10.4. The molecule has 1 fully saturated rings. The molecule has 1 aliphatic rings. The van der Waals surface area contributed by atoms with E-state index in [2.05, 4.69) is 23.2 Å². The van der Waals surface area contributed by atoms with Crippen LogP contribution in [-0.4, -0.2) is 22.7 Å². The van der Waals surface area contributed by atoms with Crippen molar-refractivity contribution >= 4 is 10.9 Å². The van der Waals surface area contributed by atoms with Crippen LogP contribution in [0.15, 0.2) is 30.3 Å². The largest absolute Gasteiger partial charge is 0.393 e. The average Bonchev–Trinajstić information content (AvgIpc) is 2.68. The van der Waals surface area contributed by atoms with Crippen LogP contribution >= 0.6 is 0 Å². The molecule has 0 amide bonds. The van der Waals surface area contributed by atoms with Crippen LogP contribution in [0.4, 0.5) is 0 Å². The summed E-state index contributed by atoms with van der Waals surface area (Å²) in [5, 5.41) is 10.7. The molecule has 1 aliphatic carbocycles. The van der Waals surface area contributed by atoms with E-state index in [1.807, 2.05) is 12.1 Å². The van der Waals surface area contributed by atoms with E-state index in [1.54, 1.807) is 0 Å². The fourth-order valence-electron chi connectivity index (χ4n) is 2.70. The second kappa shape index (κ2) is 3.34. The van der Waals surface area contributed by atoms with Crippen molar-refractivity contribution in [3.05, 3.63) is 36.0 Å². The molecule has 1 aromatic heterocycles. The van der Waals surface area contributed by atoms with E-state index in [0.29, 0.717) is 6.54 Å². The summed E-state index contributed by atoms with van der Waals surface area (Å²) in [5.74, 6) is 0. The van der Waals surface area contributed by atoms with Crippen LogP contribution in [0.25, 0.3) is 10.9 Å². The second-order valence-corrected chi connectivity index (χ2v) is 4.82. The number of rotatable bonds is 2. The summed E-state index contributed by atoms with van der Waals surface area (Å²) in [5.41, 5.74) is 8.14. The fraction of sp³-hybridized carbons (Fsp3) is 0.385. The molecule has 2 aromatic rings. The Morgan fingerprint density at radius 3 is 2.75 bits per heavy atom. The number of hydrogen-bond acceptors (Lipinski definition) is 2. The summed E-state index contributed by atoms with van der Waals surface area (Å²) in [7, 11) is 0. The monoisotopic (exact) mass is 216 g/mol. The van der Waals surface area contributed by atoms with Gasteiger partial charge in [0.15, 0.2) is 0 Å². The van der Waals surface area contributed by atoms with Gasteiger partial charge in [0.2, 0.25) is 0 Å². The van der Waals surface area contributed by atoms with E-state index in [9.17, 15) is 5.11 Å². The minimum absolute atomic E-state index is 0.0293. The number of nitrogens with one attached hydrogen (secondary N) is 1. The highest BCUT2D eigenvalue weighted by molar-refractivity contribution is 5.80. The molecule has 16 heavy (non-hydrogen) atoms. The highest BCUT2D eigenvalue weighted by Crippen LogP contribution is 2.43. The first kappa shape index (κ1) is 9.87. The number of aromatic nitrogens is 1. The van der Waals surface area contributed by atoms with Gasteiger partial charge in [-0.2, -0.15) is 0 Å². The molecular formula is C13H16N2O. The molecule has 3 rings (SSSR count). The van der Waals surface area contributed by atoms with Gasteiger partial charge in [-0.25, -0.2) is 0 Å². The van der Waals surface area contributed by atoms with E-state index in [-0.39, 0.29) is 11.5 Å². The lowest BCUT2D eigenvalue weighted by Crippen LogP contribution is -2.50. The third kappa shape index (κ3) is 1.29. The molecule has 84 valence electrons. The van der Waals surface area contributed by atoms with Gasteiger partial charge in [0, 0.05) is 23.2 Å². The number of aromatic amines is 1. The molecule has 1 aromatic carbocycles. The molecule has 4 N–H and O–H groups in total. The van der Waals surface area contributed by atoms with E-state index >= 15 is 0 Å². The Labute approximate surface area is 94.3 Å². The topological polar surface area (TPSA) is 62.0 Å². The Morgan fingerprint density at radius 2 is 2.12 bits per heavy atom. The summed E-state index contributed by atoms with van der Waals surface area (Å²) in [6.07, 6.45) is 1.36. The maximum Gasteiger partial charge on any atom is 0.0559 e. The van der Waals surface area contributed by atoms with Crippen molar-refractivity contribution in [1.29, 1.82) is 0 Å². The molecule has 0 spiro atoms. The van der Waals surface area contributed by atoms with Gasteiger partial charge in [0.25, 0.3) is 0 Å². The minimum atomic E-state index is -0.185. The van der Waals surface area contributed by atoms with Gasteiger partial charge in [-0.1, -0.05) is 18.2 Å². The van der Waals surface area contributed by atoms with E-state index in [1.165, 1.54) is 11.1 Å². The van der Waals surface area contributed by atoms with Crippen LogP contribution in [0.1, 0.15) is 18.5 Å². The lowest BCUT2D eigenvalue weighted by Gasteiger charge is -2.44. The quantitative estimate of drug-likeness (QED) is 0.712. The number of benzene rings is 1. The van der Waals surface area contributed by atoms with E-state index in [0.717, 1.165) is 18.4 Å². The molecule has 0 radical (unpaired) electrons. The highest BCUT2D eigenvalue weighted by Gasteiger charge is 2.44. The van der Waals surface area contributed by atoms with Gasteiger partial charge < -0.3 is 15.8 Å². The predicted molar refractivity (Wildman–Crippen MR) is 64.3 cm³/mol. The van der Waals surface area contributed by atoms with E-state index in [4.69, 9.17) is 5.73 Å². The third-order valence-corrected chi connectivity index (χ3v) is 3.74. The van der Waals surface area contributed by atoms with Crippen molar-refractivity contribution in [2.45, 2.75) is 24.4 Å². The first-order valence-corrected chi connectivity index (χ1v) is 5.70. The second-order valence-electron chi connectivity index (χ2n) is 4.82. The minimum Gasteiger partial charge on any atom is -0.393 e. The van der Waals surface area contributed by atoms with Crippen LogP contribution < -0.4 is 5.73 Å². The number of nitrogens with two attached hydrogens (primary N) is 1.